The van der Waals surface area contributed by atoms with Crippen molar-refractivity contribution in [1.29, 1.82) is 0 Å². The molecule has 2 heterocycles. The molecule has 0 N–H and O–H groups in total. The Balaban J connectivity index is 1.64. The van der Waals surface area contributed by atoms with Crippen LogP contribution in [0.4, 0.5) is 0 Å². The van der Waals surface area contributed by atoms with Crippen molar-refractivity contribution in [2.45, 2.75) is 59.3 Å². The van der Waals surface area contributed by atoms with Gasteiger partial charge >= 0.3 is 0 Å². The second-order valence-corrected chi connectivity index (χ2v) is 11.6. The molecule has 3 nitrogen and oxygen atoms in total. The van der Waals surface area contributed by atoms with Crippen molar-refractivity contribution in [3.05, 3.63) is 70.0 Å². The number of benzene rings is 1. The predicted octanol–water partition coefficient (Wildman–Crippen LogP) is 6.82. The summed E-state index contributed by atoms with van der Waals surface area (Å²) in [6, 6.07) is 12.5. The van der Waals surface area contributed by atoms with Crippen LogP contribution in [-0.4, -0.2) is 11.6 Å². The first kappa shape index (κ1) is 20.4. The molecule has 2 aliphatic carbocycles. The summed E-state index contributed by atoms with van der Waals surface area (Å²) in [5, 5.41) is 2.07. The number of hydrogen-bond acceptors (Lipinski definition) is 4. The van der Waals surface area contributed by atoms with Crippen LogP contribution in [0.25, 0.3) is 10.4 Å². The number of allylic oxidation sites excluding steroid dienone is 4. The molecule has 2 aromatic rings. The summed E-state index contributed by atoms with van der Waals surface area (Å²) in [7, 11) is 0. The molecular weight excluding hydrogens is 404 g/mol. The number of ether oxygens (including phenoxy) is 1. The van der Waals surface area contributed by atoms with E-state index in [2.05, 4.69) is 63.4 Å². The van der Waals surface area contributed by atoms with E-state index >= 15 is 0 Å². The fraction of sp³-hybridized carbons (Fsp3) is 0.407. The Bertz CT molecular complexity index is 1080. The minimum atomic E-state index is -0.316. The highest BCUT2D eigenvalue weighted by Crippen LogP contribution is 2.53. The molecule has 0 spiro atoms. The largest absolute Gasteiger partial charge is 0.465 e. The van der Waals surface area contributed by atoms with Gasteiger partial charge in [-0.2, -0.15) is 0 Å². The topological polar surface area (TPSA) is 43.4 Å². The van der Waals surface area contributed by atoms with Crippen LogP contribution in [-0.2, 0) is 14.3 Å². The Kier molecular flexibility index (Phi) is 4.63. The van der Waals surface area contributed by atoms with Crippen LogP contribution in [0.15, 0.2) is 64.4 Å². The molecule has 0 atom stereocenters. The maximum absolute atomic E-state index is 13.3. The van der Waals surface area contributed by atoms with Gasteiger partial charge in [-0.15, -0.1) is 11.3 Å². The van der Waals surface area contributed by atoms with Gasteiger partial charge < -0.3 is 4.74 Å². The van der Waals surface area contributed by atoms with E-state index in [0.717, 1.165) is 35.5 Å². The zero-order chi connectivity index (χ0) is 22.0. The van der Waals surface area contributed by atoms with Gasteiger partial charge in [-0.25, -0.2) is 0 Å². The van der Waals surface area contributed by atoms with Crippen molar-refractivity contribution in [3.63, 3.8) is 0 Å². The molecule has 4 heteroatoms. The Hall–Kier alpha value is -2.46. The van der Waals surface area contributed by atoms with Crippen molar-refractivity contribution in [1.82, 2.24) is 0 Å². The number of rotatable bonds is 2. The maximum Gasteiger partial charge on any atom is 0.163 e. The zero-order valence-corrected chi connectivity index (χ0v) is 19.4. The molecule has 1 aromatic heterocycles. The normalized spacial score (nSPS) is 22.8. The van der Waals surface area contributed by atoms with Gasteiger partial charge in [0.05, 0.1) is 0 Å². The molecular formula is C27H28O3S. The molecule has 0 unspecified atom stereocenters. The summed E-state index contributed by atoms with van der Waals surface area (Å²) in [5.74, 6) is 1.46. The Morgan fingerprint density at radius 3 is 1.84 bits per heavy atom. The van der Waals surface area contributed by atoms with E-state index in [1.807, 2.05) is 6.07 Å². The van der Waals surface area contributed by atoms with E-state index < -0.39 is 0 Å². The average molecular weight is 433 g/mol. The van der Waals surface area contributed by atoms with Crippen molar-refractivity contribution >= 4 is 22.9 Å². The molecule has 31 heavy (non-hydrogen) atoms. The molecule has 0 saturated carbocycles. The quantitative estimate of drug-likeness (QED) is 0.523. The number of carbonyl (C=O) groups is 2. The molecule has 0 fully saturated rings. The first-order chi connectivity index (χ1) is 14.6. The van der Waals surface area contributed by atoms with Gasteiger partial charge in [0.25, 0.3) is 0 Å². The highest BCUT2D eigenvalue weighted by atomic mass is 32.1. The summed E-state index contributed by atoms with van der Waals surface area (Å²) in [6.07, 6.45) is 2.43. The fourth-order valence-electron chi connectivity index (χ4n) is 5.29. The van der Waals surface area contributed by atoms with Crippen LogP contribution >= 0.6 is 11.3 Å². The lowest BCUT2D eigenvalue weighted by molar-refractivity contribution is -0.120. The lowest BCUT2D eigenvalue weighted by Gasteiger charge is -2.42. The minimum absolute atomic E-state index is 0.114. The van der Waals surface area contributed by atoms with Crippen LogP contribution in [0.3, 0.4) is 0 Å². The van der Waals surface area contributed by atoms with Gasteiger partial charge in [0.1, 0.15) is 11.5 Å². The number of carbonyl (C=O) groups excluding carboxylic acids is 2. The lowest BCUT2D eigenvalue weighted by atomic mass is 9.65. The predicted molar refractivity (Wildman–Crippen MR) is 124 cm³/mol. The molecule has 0 radical (unpaired) electrons. The molecule has 1 aliphatic heterocycles. The number of thiophene rings is 1. The third kappa shape index (κ3) is 3.61. The van der Waals surface area contributed by atoms with E-state index in [4.69, 9.17) is 4.74 Å². The van der Waals surface area contributed by atoms with Crippen LogP contribution in [0.5, 0.6) is 0 Å². The molecule has 0 saturated heterocycles. The second-order valence-electron chi connectivity index (χ2n) is 10.7. The number of ketones is 2. The van der Waals surface area contributed by atoms with Gasteiger partial charge in [0.15, 0.2) is 11.6 Å². The monoisotopic (exact) mass is 432 g/mol. The van der Waals surface area contributed by atoms with Gasteiger partial charge in [-0.1, -0.05) is 58.0 Å². The smallest absolute Gasteiger partial charge is 0.163 e. The van der Waals surface area contributed by atoms with Gasteiger partial charge in [-0.3, -0.25) is 9.59 Å². The SMILES string of the molecule is CC1(C)CC(=O)C2=C(C1)OC1=C(C(=O)CC(C)(C)C1)C2c1ccc(-c2cccs2)cc1. The second kappa shape index (κ2) is 7.03. The third-order valence-electron chi connectivity index (χ3n) is 6.63. The first-order valence-corrected chi connectivity index (χ1v) is 11.9. The zero-order valence-electron chi connectivity index (χ0n) is 18.6. The van der Waals surface area contributed by atoms with Crippen molar-refractivity contribution in [2.75, 3.05) is 0 Å². The Morgan fingerprint density at radius 1 is 0.806 bits per heavy atom. The van der Waals surface area contributed by atoms with Crippen molar-refractivity contribution in [3.8, 4) is 10.4 Å². The molecule has 160 valence electrons. The average Bonchev–Trinajstić information content (AvgIpc) is 3.19. The lowest BCUT2D eigenvalue weighted by Crippen LogP contribution is -2.37. The van der Waals surface area contributed by atoms with Crippen LogP contribution in [0.1, 0.15) is 64.9 Å². The molecule has 3 aliphatic rings. The summed E-state index contributed by atoms with van der Waals surface area (Å²) in [6.45, 7) is 8.46. The highest BCUT2D eigenvalue weighted by Gasteiger charge is 2.47. The van der Waals surface area contributed by atoms with E-state index in [9.17, 15) is 9.59 Å². The summed E-state index contributed by atoms with van der Waals surface area (Å²) in [4.78, 5) is 27.9. The van der Waals surface area contributed by atoms with Gasteiger partial charge in [-0.05, 0) is 33.4 Å². The molecule has 0 bridgehead atoms. The van der Waals surface area contributed by atoms with Gasteiger partial charge in [0, 0.05) is 47.6 Å². The van der Waals surface area contributed by atoms with Crippen LogP contribution in [0.2, 0.25) is 0 Å². The molecule has 0 amide bonds. The minimum Gasteiger partial charge on any atom is -0.465 e. The fourth-order valence-corrected chi connectivity index (χ4v) is 6.02. The van der Waals surface area contributed by atoms with Crippen LogP contribution in [0, 0.1) is 10.8 Å². The summed E-state index contributed by atoms with van der Waals surface area (Å²) < 4.78 is 6.36. The maximum atomic E-state index is 13.3. The highest BCUT2D eigenvalue weighted by molar-refractivity contribution is 7.13. The first-order valence-electron chi connectivity index (χ1n) is 11.0. The van der Waals surface area contributed by atoms with Crippen molar-refractivity contribution in [2.24, 2.45) is 10.8 Å². The van der Waals surface area contributed by atoms with Crippen molar-refractivity contribution < 1.29 is 14.3 Å². The van der Waals surface area contributed by atoms with E-state index in [-0.39, 0.29) is 28.3 Å². The third-order valence-corrected chi connectivity index (χ3v) is 7.55. The van der Waals surface area contributed by atoms with Gasteiger partial charge in [0.2, 0.25) is 0 Å². The van der Waals surface area contributed by atoms with E-state index in [0.29, 0.717) is 24.0 Å². The van der Waals surface area contributed by atoms with E-state index in [1.54, 1.807) is 11.3 Å². The Morgan fingerprint density at radius 2 is 1.35 bits per heavy atom. The summed E-state index contributed by atoms with van der Waals surface area (Å²) >= 11 is 1.71. The van der Waals surface area contributed by atoms with Crippen LogP contribution < -0.4 is 0 Å². The number of Topliss-reactive ketones (excluding diaryl/α,β-unsaturated/α-hetero) is 2. The number of hydrogen-bond donors (Lipinski definition) is 0. The Labute approximate surface area is 187 Å². The molecule has 5 rings (SSSR count). The summed E-state index contributed by atoms with van der Waals surface area (Å²) in [5.41, 5.74) is 3.31. The molecule has 1 aromatic carbocycles. The standard InChI is InChI=1S/C27H28O3S/c1-26(2)12-18(28)24-20(14-26)30-21-15-27(3,4)13-19(29)25(21)23(24)17-9-7-16(8-10-17)22-6-5-11-31-22/h5-11,23H,12-15H2,1-4H3. The van der Waals surface area contributed by atoms with E-state index in [1.165, 1.54) is 4.88 Å².